The lowest BCUT2D eigenvalue weighted by molar-refractivity contribution is -0.113. The van der Waals surface area contributed by atoms with E-state index in [4.69, 9.17) is 0 Å². The van der Waals surface area contributed by atoms with Gasteiger partial charge in [-0.25, -0.2) is 4.98 Å². The van der Waals surface area contributed by atoms with Gasteiger partial charge in [0.1, 0.15) is 4.70 Å². The fraction of sp³-hybridized carbons (Fsp3) is 0.130. The molecule has 162 valence electrons. The summed E-state index contributed by atoms with van der Waals surface area (Å²) in [4.78, 5) is 42.1. The largest absolute Gasteiger partial charge is 0.348 e. The number of nitrogens with zero attached hydrogens (tertiary/aromatic N) is 2. The van der Waals surface area contributed by atoms with Gasteiger partial charge in [0.2, 0.25) is 5.91 Å². The lowest BCUT2D eigenvalue weighted by Crippen LogP contribution is -2.25. The molecule has 0 radical (unpaired) electrons. The van der Waals surface area contributed by atoms with Crippen LogP contribution < -0.4 is 16.2 Å². The molecule has 4 rings (SSSR count). The number of benzene rings is 2. The molecule has 0 aliphatic heterocycles. The number of anilines is 1. The second-order valence-corrected chi connectivity index (χ2v) is 8.80. The first-order valence-electron chi connectivity index (χ1n) is 9.81. The molecule has 2 amide bonds. The maximum Gasteiger partial charge on any atom is 0.271 e. The first kappa shape index (κ1) is 21.8. The smallest absolute Gasteiger partial charge is 0.271 e. The maximum atomic E-state index is 12.7. The average Bonchev–Trinajstić information content (AvgIpc) is 3.29. The van der Waals surface area contributed by atoms with Crippen LogP contribution in [-0.4, -0.2) is 27.1 Å². The van der Waals surface area contributed by atoms with Crippen molar-refractivity contribution in [2.24, 2.45) is 7.05 Å². The highest BCUT2D eigenvalue weighted by Crippen LogP contribution is 2.21. The molecular weight excluding hydrogens is 444 g/mol. The highest BCUT2D eigenvalue weighted by molar-refractivity contribution is 7.99. The van der Waals surface area contributed by atoms with Crippen molar-refractivity contribution in [1.29, 1.82) is 0 Å². The molecule has 2 N–H and O–H groups in total. The van der Waals surface area contributed by atoms with E-state index in [9.17, 15) is 14.4 Å². The van der Waals surface area contributed by atoms with E-state index in [1.807, 2.05) is 35.7 Å². The van der Waals surface area contributed by atoms with Crippen molar-refractivity contribution in [3.8, 4) is 0 Å². The number of hydrogen-bond donors (Lipinski definition) is 2. The van der Waals surface area contributed by atoms with Gasteiger partial charge in [0.15, 0.2) is 5.16 Å². The summed E-state index contributed by atoms with van der Waals surface area (Å²) in [5.74, 6) is -0.516. The van der Waals surface area contributed by atoms with E-state index < -0.39 is 0 Å². The van der Waals surface area contributed by atoms with Crippen molar-refractivity contribution in [3.05, 3.63) is 87.5 Å². The number of rotatable bonds is 7. The van der Waals surface area contributed by atoms with E-state index in [2.05, 4.69) is 15.6 Å². The van der Waals surface area contributed by atoms with Gasteiger partial charge in [-0.15, -0.1) is 11.3 Å². The first-order chi connectivity index (χ1) is 15.5. The molecule has 4 aromatic rings. The fourth-order valence-electron chi connectivity index (χ4n) is 3.08. The predicted molar refractivity (Wildman–Crippen MR) is 128 cm³/mol. The van der Waals surface area contributed by atoms with E-state index in [1.165, 1.54) is 27.7 Å². The summed E-state index contributed by atoms with van der Waals surface area (Å²) < 4.78 is 2.04. The Balaban J connectivity index is 1.41. The topological polar surface area (TPSA) is 93.1 Å². The van der Waals surface area contributed by atoms with E-state index >= 15 is 0 Å². The molecule has 7 nitrogen and oxygen atoms in total. The standard InChI is InChI=1S/C23H20N4O3S2/c1-27-22(30)20-18(11-12-31-20)26-23(27)32-14-19(28)25-17-10-6-5-9-16(17)21(29)24-13-15-7-3-2-4-8-15/h2-12H,13-14H2,1H3,(H,24,29)(H,25,28). The zero-order valence-corrected chi connectivity index (χ0v) is 18.8. The predicted octanol–water partition coefficient (Wildman–Crippen LogP) is 3.66. The first-order valence-corrected chi connectivity index (χ1v) is 11.7. The van der Waals surface area contributed by atoms with Gasteiger partial charge in [-0.1, -0.05) is 54.2 Å². The van der Waals surface area contributed by atoms with Crippen LogP contribution in [0.15, 0.2) is 76.0 Å². The number of aromatic nitrogens is 2. The Morgan fingerprint density at radius 1 is 1.06 bits per heavy atom. The van der Waals surface area contributed by atoms with Crippen LogP contribution in [0, 0.1) is 0 Å². The van der Waals surface area contributed by atoms with Gasteiger partial charge in [-0.3, -0.25) is 19.0 Å². The van der Waals surface area contributed by atoms with Crippen LogP contribution in [0.2, 0.25) is 0 Å². The van der Waals surface area contributed by atoms with Gasteiger partial charge in [0, 0.05) is 13.6 Å². The van der Waals surface area contributed by atoms with Gasteiger partial charge < -0.3 is 10.6 Å². The van der Waals surface area contributed by atoms with Gasteiger partial charge in [0.05, 0.1) is 22.5 Å². The molecule has 0 atom stereocenters. The molecule has 0 bridgehead atoms. The summed E-state index contributed by atoms with van der Waals surface area (Å²) in [6.45, 7) is 0.391. The number of fused-ring (bicyclic) bond motifs is 1. The van der Waals surface area contributed by atoms with Crippen LogP contribution in [0.5, 0.6) is 0 Å². The van der Waals surface area contributed by atoms with Crippen molar-refractivity contribution < 1.29 is 9.59 Å². The molecule has 0 unspecified atom stereocenters. The molecule has 0 aliphatic carbocycles. The molecular formula is C23H20N4O3S2. The summed E-state index contributed by atoms with van der Waals surface area (Å²) in [7, 11) is 1.64. The minimum absolute atomic E-state index is 0.0515. The summed E-state index contributed by atoms with van der Waals surface area (Å²) in [5, 5.41) is 7.95. The number of carbonyl (C=O) groups is 2. The Hall–Kier alpha value is -3.43. The Labute approximate surface area is 192 Å². The van der Waals surface area contributed by atoms with Crippen molar-refractivity contribution in [2.45, 2.75) is 11.7 Å². The number of nitrogens with one attached hydrogen (secondary N) is 2. The third-order valence-electron chi connectivity index (χ3n) is 4.72. The van der Waals surface area contributed by atoms with Crippen molar-refractivity contribution in [3.63, 3.8) is 0 Å². The molecule has 2 aromatic heterocycles. The quantitative estimate of drug-likeness (QED) is 0.322. The molecule has 9 heteroatoms. The van der Waals surface area contributed by atoms with Crippen molar-refractivity contribution >= 4 is 50.8 Å². The van der Waals surface area contributed by atoms with Crippen LogP contribution in [-0.2, 0) is 18.4 Å². The van der Waals surface area contributed by atoms with Gasteiger partial charge in [-0.2, -0.15) is 0 Å². The number of thiophene rings is 1. The van der Waals surface area contributed by atoms with Gasteiger partial charge in [0.25, 0.3) is 11.5 Å². The molecule has 0 fully saturated rings. The molecule has 0 spiro atoms. The summed E-state index contributed by atoms with van der Waals surface area (Å²) in [5.41, 5.74) is 2.29. The number of amides is 2. The summed E-state index contributed by atoms with van der Waals surface area (Å²) in [6, 6.07) is 18.2. The Kier molecular flexibility index (Phi) is 6.67. The maximum absolute atomic E-state index is 12.7. The van der Waals surface area contributed by atoms with Crippen LogP contribution in [0.1, 0.15) is 15.9 Å². The normalized spacial score (nSPS) is 10.8. The molecule has 32 heavy (non-hydrogen) atoms. The summed E-state index contributed by atoms with van der Waals surface area (Å²) in [6.07, 6.45) is 0. The summed E-state index contributed by atoms with van der Waals surface area (Å²) >= 11 is 2.52. The van der Waals surface area contributed by atoms with Crippen LogP contribution in [0.3, 0.4) is 0 Å². The van der Waals surface area contributed by atoms with E-state index in [0.717, 1.165) is 5.56 Å². The monoisotopic (exact) mass is 464 g/mol. The van der Waals surface area contributed by atoms with Gasteiger partial charge in [-0.05, 0) is 29.1 Å². The SMILES string of the molecule is Cn1c(SCC(=O)Nc2ccccc2C(=O)NCc2ccccc2)nc2ccsc2c1=O. The lowest BCUT2D eigenvalue weighted by Gasteiger charge is -2.12. The second kappa shape index (κ2) is 9.80. The molecule has 2 heterocycles. The van der Waals surface area contributed by atoms with E-state index in [0.29, 0.717) is 33.2 Å². The molecule has 0 saturated heterocycles. The van der Waals surface area contributed by atoms with Crippen molar-refractivity contribution in [1.82, 2.24) is 14.9 Å². The minimum Gasteiger partial charge on any atom is -0.348 e. The number of carbonyl (C=O) groups excluding carboxylic acids is 2. The lowest BCUT2D eigenvalue weighted by atomic mass is 10.1. The van der Waals surface area contributed by atoms with Crippen molar-refractivity contribution in [2.75, 3.05) is 11.1 Å². The third-order valence-corrected chi connectivity index (χ3v) is 6.64. The Bertz CT molecular complexity index is 1330. The minimum atomic E-state index is -0.294. The van der Waals surface area contributed by atoms with Crippen LogP contribution in [0.25, 0.3) is 10.2 Å². The highest BCUT2D eigenvalue weighted by atomic mass is 32.2. The van der Waals surface area contributed by atoms with E-state index in [-0.39, 0.29) is 23.1 Å². The zero-order chi connectivity index (χ0) is 22.5. The highest BCUT2D eigenvalue weighted by Gasteiger charge is 2.15. The zero-order valence-electron chi connectivity index (χ0n) is 17.2. The number of para-hydroxylation sites is 1. The number of hydrogen-bond acceptors (Lipinski definition) is 6. The molecule has 0 aliphatic rings. The fourth-order valence-corrected chi connectivity index (χ4v) is 4.65. The Morgan fingerprint density at radius 2 is 1.81 bits per heavy atom. The Morgan fingerprint density at radius 3 is 2.62 bits per heavy atom. The second-order valence-electron chi connectivity index (χ2n) is 6.94. The average molecular weight is 465 g/mol. The van der Waals surface area contributed by atoms with E-state index in [1.54, 1.807) is 37.4 Å². The third kappa shape index (κ3) is 4.90. The molecule has 2 aromatic carbocycles. The van der Waals surface area contributed by atoms with Crippen LogP contribution in [0.4, 0.5) is 5.69 Å². The van der Waals surface area contributed by atoms with Crippen LogP contribution >= 0.6 is 23.1 Å². The number of thioether (sulfide) groups is 1. The van der Waals surface area contributed by atoms with Gasteiger partial charge >= 0.3 is 0 Å². The molecule has 0 saturated carbocycles.